The van der Waals surface area contributed by atoms with E-state index in [-0.39, 0.29) is 23.8 Å². The van der Waals surface area contributed by atoms with Crippen LogP contribution in [0.15, 0.2) is 48.8 Å². The van der Waals surface area contributed by atoms with Gasteiger partial charge in [-0.15, -0.1) is 12.4 Å². The van der Waals surface area contributed by atoms with Crippen LogP contribution in [0.25, 0.3) is 0 Å². The van der Waals surface area contributed by atoms with Gasteiger partial charge in [0, 0.05) is 38.1 Å². The molecule has 1 saturated heterocycles. The second-order valence-corrected chi connectivity index (χ2v) is 7.46. The standard InChI is InChI=1S/C22H28FN3O2.ClH/c1-18(16-27)28-22(17-25-21-5-3-2-4-6-21)8-11-26(12-9-22)10-7-19-13-20(23)15-24-14-19;/h2-6,13-16,18,25H,7-12,17H2,1H3;1H. The predicted octanol–water partition coefficient (Wildman–Crippen LogP) is 3.74. The van der Waals surface area contributed by atoms with Crippen LogP contribution in [0, 0.1) is 5.82 Å². The number of rotatable bonds is 9. The summed E-state index contributed by atoms with van der Waals surface area (Å²) >= 11 is 0. The Morgan fingerprint density at radius 3 is 2.66 bits per heavy atom. The number of carbonyl (C=O) groups is 1. The van der Waals surface area contributed by atoms with Crippen molar-refractivity contribution < 1.29 is 13.9 Å². The third-order valence-corrected chi connectivity index (χ3v) is 5.26. The first-order valence-corrected chi connectivity index (χ1v) is 9.82. The van der Waals surface area contributed by atoms with Gasteiger partial charge in [-0.25, -0.2) is 4.39 Å². The summed E-state index contributed by atoms with van der Waals surface area (Å²) in [4.78, 5) is 17.4. The van der Waals surface area contributed by atoms with Crippen LogP contribution in [0.1, 0.15) is 25.3 Å². The van der Waals surface area contributed by atoms with Crippen LogP contribution in [-0.4, -0.2) is 54.1 Å². The Kier molecular flexibility index (Phi) is 9.01. The number of hydrogen-bond donors (Lipinski definition) is 1. The number of aldehydes is 1. The molecule has 0 saturated carbocycles. The van der Waals surface area contributed by atoms with Gasteiger partial charge in [-0.05, 0) is 49.9 Å². The molecule has 1 aromatic carbocycles. The monoisotopic (exact) mass is 421 g/mol. The van der Waals surface area contributed by atoms with Gasteiger partial charge in [0.05, 0.1) is 11.8 Å². The maximum atomic E-state index is 13.3. The van der Waals surface area contributed by atoms with Crippen molar-refractivity contribution in [2.75, 3.05) is 31.5 Å². The lowest BCUT2D eigenvalue weighted by Gasteiger charge is -2.42. The Hall–Kier alpha value is -2.02. The summed E-state index contributed by atoms with van der Waals surface area (Å²) in [6.07, 6.45) is 5.82. The maximum absolute atomic E-state index is 13.3. The van der Waals surface area contributed by atoms with Crippen molar-refractivity contribution in [1.82, 2.24) is 9.88 Å². The van der Waals surface area contributed by atoms with E-state index in [1.54, 1.807) is 19.2 Å². The zero-order valence-electron chi connectivity index (χ0n) is 16.7. The summed E-state index contributed by atoms with van der Waals surface area (Å²) in [5, 5.41) is 3.45. The first-order chi connectivity index (χ1) is 13.6. The predicted molar refractivity (Wildman–Crippen MR) is 115 cm³/mol. The number of likely N-dealkylation sites (tertiary alicyclic amines) is 1. The molecule has 1 aliphatic rings. The highest BCUT2D eigenvalue weighted by Gasteiger charge is 2.36. The van der Waals surface area contributed by atoms with Crippen LogP contribution < -0.4 is 5.32 Å². The van der Waals surface area contributed by atoms with Crippen LogP contribution >= 0.6 is 12.4 Å². The highest BCUT2D eigenvalue weighted by molar-refractivity contribution is 5.85. The number of carbonyl (C=O) groups excluding carboxylic acids is 1. The third kappa shape index (κ3) is 7.07. The lowest BCUT2D eigenvalue weighted by Crippen LogP contribution is -2.51. The van der Waals surface area contributed by atoms with Gasteiger partial charge >= 0.3 is 0 Å². The van der Waals surface area contributed by atoms with E-state index in [1.165, 1.54) is 6.20 Å². The molecule has 0 radical (unpaired) electrons. The van der Waals surface area contributed by atoms with Gasteiger partial charge in [0.25, 0.3) is 0 Å². The minimum Gasteiger partial charge on any atom is -0.382 e. The van der Waals surface area contributed by atoms with E-state index in [0.717, 1.165) is 56.4 Å². The molecule has 3 rings (SSSR count). The average Bonchev–Trinajstić information content (AvgIpc) is 2.73. The molecule has 2 heterocycles. The second kappa shape index (κ2) is 11.2. The molecule has 1 N–H and O–H groups in total. The van der Waals surface area contributed by atoms with Crippen molar-refractivity contribution >= 4 is 24.4 Å². The first kappa shape index (κ1) is 23.3. The van der Waals surface area contributed by atoms with Crippen LogP contribution in [0.2, 0.25) is 0 Å². The fraction of sp³-hybridized carbons (Fsp3) is 0.455. The molecule has 1 aliphatic heterocycles. The van der Waals surface area contributed by atoms with Crippen molar-refractivity contribution in [3.05, 3.63) is 60.2 Å². The summed E-state index contributed by atoms with van der Waals surface area (Å²) in [7, 11) is 0. The van der Waals surface area contributed by atoms with E-state index < -0.39 is 6.10 Å². The topological polar surface area (TPSA) is 54.5 Å². The largest absolute Gasteiger partial charge is 0.382 e. The number of piperidine rings is 1. The summed E-state index contributed by atoms with van der Waals surface area (Å²) in [6, 6.07) is 11.6. The fourth-order valence-corrected chi connectivity index (χ4v) is 3.64. The Balaban J connectivity index is 0.00000300. The SMILES string of the molecule is CC(C=O)OC1(CNc2ccccc2)CCN(CCc2cncc(F)c2)CC1.Cl. The maximum Gasteiger partial charge on any atom is 0.148 e. The first-order valence-electron chi connectivity index (χ1n) is 9.82. The zero-order valence-corrected chi connectivity index (χ0v) is 17.5. The minimum atomic E-state index is -0.428. The van der Waals surface area contributed by atoms with E-state index in [0.29, 0.717) is 6.54 Å². The lowest BCUT2D eigenvalue weighted by atomic mass is 9.90. The summed E-state index contributed by atoms with van der Waals surface area (Å²) in [5.74, 6) is -0.293. The molecule has 7 heteroatoms. The average molecular weight is 422 g/mol. The number of aromatic nitrogens is 1. The van der Waals surface area contributed by atoms with Crippen LogP contribution in [-0.2, 0) is 16.0 Å². The van der Waals surface area contributed by atoms with Gasteiger partial charge in [-0.2, -0.15) is 0 Å². The quantitative estimate of drug-likeness (QED) is 0.625. The highest BCUT2D eigenvalue weighted by atomic mass is 35.5. The zero-order chi connectivity index (χ0) is 19.8. The Morgan fingerprint density at radius 2 is 2.00 bits per heavy atom. The van der Waals surface area contributed by atoms with Gasteiger partial charge in [0.15, 0.2) is 0 Å². The Morgan fingerprint density at radius 1 is 1.28 bits per heavy atom. The molecule has 2 aromatic rings. The summed E-state index contributed by atoms with van der Waals surface area (Å²) < 4.78 is 19.4. The number of nitrogens with zero attached hydrogens (tertiary/aromatic N) is 2. The molecule has 5 nitrogen and oxygen atoms in total. The summed E-state index contributed by atoms with van der Waals surface area (Å²) in [6.45, 7) is 5.07. The molecule has 0 spiro atoms. The van der Waals surface area contributed by atoms with E-state index in [2.05, 4.69) is 15.2 Å². The molecule has 158 valence electrons. The second-order valence-electron chi connectivity index (χ2n) is 7.46. The molecule has 0 bridgehead atoms. The van der Waals surface area contributed by atoms with E-state index in [4.69, 9.17) is 4.74 Å². The van der Waals surface area contributed by atoms with Crippen molar-refractivity contribution in [2.24, 2.45) is 0 Å². The van der Waals surface area contributed by atoms with Crippen LogP contribution in [0.4, 0.5) is 10.1 Å². The van der Waals surface area contributed by atoms with Gasteiger partial charge in [-0.1, -0.05) is 18.2 Å². The van der Waals surface area contributed by atoms with Gasteiger partial charge in [0.2, 0.25) is 0 Å². The number of pyridine rings is 1. The number of anilines is 1. The van der Waals surface area contributed by atoms with Crippen molar-refractivity contribution in [2.45, 2.75) is 37.9 Å². The molecule has 1 atom stereocenters. The van der Waals surface area contributed by atoms with Gasteiger partial charge in [0.1, 0.15) is 18.2 Å². The normalized spacial score (nSPS) is 17.2. The molecule has 0 aliphatic carbocycles. The number of halogens is 2. The molecule has 1 fully saturated rings. The van der Waals surface area contributed by atoms with E-state index >= 15 is 0 Å². The number of hydrogen-bond acceptors (Lipinski definition) is 5. The van der Waals surface area contributed by atoms with E-state index in [1.807, 2.05) is 30.3 Å². The molecule has 0 amide bonds. The molecule has 1 unspecified atom stereocenters. The number of benzene rings is 1. The Labute approximate surface area is 178 Å². The van der Waals surface area contributed by atoms with Crippen LogP contribution in [0.3, 0.4) is 0 Å². The van der Waals surface area contributed by atoms with Gasteiger partial charge < -0.3 is 19.7 Å². The van der Waals surface area contributed by atoms with Crippen molar-refractivity contribution in [1.29, 1.82) is 0 Å². The smallest absolute Gasteiger partial charge is 0.148 e. The summed E-state index contributed by atoms with van der Waals surface area (Å²) in [5.41, 5.74) is 1.59. The number of ether oxygens (including phenoxy) is 1. The van der Waals surface area contributed by atoms with Crippen molar-refractivity contribution in [3.63, 3.8) is 0 Å². The number of para-hydroxylation sites is 1. The molecule has 29 heavy (non-hydrogen) atoms. The lowest BCUT2D eigenvalue weighted by molar-refractivity contribution is -0.137. The van der Waals surface area contributed by atoms with Gasteiger partial charge in [-0.3, -0.25) is 4.98 Å². The third-order valence-electron chi connectivity index (χ3n) is 5.26. The highest BCUT2D eigenvalue weighted by Crippen LogP contribution is 2.28. The molecular formula is C22H29ClFN3O2. The molecule has 1 aromatic heterocycles. The molecular weight excluding hydrogens is 393 g/mol. The van der Waals surface area contributed by atoms with Crippen molar-refractivity contribution in [3.8, 4) is 0 Å². The Bertz CT molecular complexity index is 755. The van der Waals surface area contributed by atoms with E-state index in [9.17, 15) is 9.18 Å². The van der Waals surface area contributed by atoms with Crippen LogP contribution in [0.5, 0.6) is 0 Å². The minimum absolute atomic E-state index is 0. The fourth-order valence-electron chi connectivity index (χ4n) is 3.64. The number of nitrogens with one attached hydrogen (secondary N) is 1.